The lowest BCUT2D eigenvalue weighted by Gasteiger charge is -2.46. The van der Waals surface area contributed by atoms with Gasteiger partial charge in [-0.05, 0) is 23.3 Å². The second-order valence-electron chi connectivity index (χ2n) is 8.41. The predicted molar refractivity (Wildman–Crippen MR) is 125 cm³/mol. The lowest BCUT2D eigenvalue weighted by Crippen LogP contribution is -2.62. The zero-order valence-corrected chi connectivity index (χ0v) is 18.9. The largest absolute Gasteiger partial charge is 0.497 e. The molecule has 2 amide bonds. The van der Waals surface area contributed by atoms with E-state index < -0.39 is 11.8 Å². The van der Waals surface area contributed by atoms with E-state index in [1.165, 1.54) is 4.90 Å². The molecule has 3 aromatic rings. The second-order valence-corrected chi connectivity index (χ2v) is 8.41. The molecule has 2 saturated heterocycles. The van der Waals surface area contributed by atoms with E-state index in [0.717, 1.165) is 16.7 Å². The highest BCUT2D eigenvalue weighted by molar-refractivity contribution is 5.85. The third-order valence-corrected chi connectivity index (χ3v) is 6.37. The van der Waals surface area contributed by atoms with Crippen LogP contribution in [-0.4, -0.2) is 48.6 Å². The van der Waals surface area contributed by atoms with Gasteiger partial charge in [-0.2, -0.15) is 0 Å². The molecule has 34 heavy (non-hydrogen) atoms. The number of carbonyl (C=O) groups excluding carboxylic acids is 2. The maximum Gasteiger partial charge on any atom is 0.410 e. The Bertz CT molecular complexity index is 1150. The summed E-state index contributed by atoms with van der Waals surface area (Å²) in [7, 11) is 1.60. The van der Waals surface area contributed by atoms with E-state index in [9.17, 15) is 9.59 Å². The van der Waals surface area contributed by atoms with Crippen molar-refractivity contribution in [3.8, 4) is 5.75 Å². The molecular weight excluding hydrogens is 432 g/mol. The summed E-state index contributed by atoms with van der Waals surface area (Å²) < 4.78 is 17.2. The van der Waals surface area contributed by atoms with Crippen LogP contribution in [0.5, 0.6) is 5.75 Å². The molecule has 2 aliphatic rings. The molecule has 2 aliphatic heterocycles. The van der Waals surface area contributed by atoms with Crippen molar-refractivity contribution in [2.45, 2.75) is 18.4 Å². The van der Waals surface area contributed by atoms with E-state index in [1.807, 2.05) is 84.9 Å². The first-order valence-corrected chi connectivity index (χ1v) is 11.2. The summed E-state index contributed by atoms with van der Waals surface area (Å²) in [4.78, 5) is 29.7. The van der Waals surface area contributed by atoms with Gasteiger partial charge in [-0.15, -0.1) is 0 Å². The molecule has 7 heteroatoms. The predicted octanol–water partition coefficient (Wildman–Crippen LogP) is 4.10. The number of hydrogen-bond donors (Lipinski definition) is 0. The fourth-order valence-electron chi connectivity index (χ4n) is 4.69. The van der Waals surface area contributed by atoms with E-state index in [-0.39, 0.29) is 31.6 Å². The third-order valence-electron chi connectivity index (χ3n) is 6.37. The summed E-state index contributed by atoms with van der Waals surface area (Å²) >= 11 is 0. The summed E-state index contributed by atoms with van der Waals surface area (Å²) in [5.74, 6) is 0.510. The van der Waals surface area contributed by atoms with Crippen LogP contribution < -0.4 is 4.74 Å². The Kier molecular flexibility index (Phi) is 5.94. The van der Waals surface area contributed by atoms with Crippen LogP contribution in [0.3, 0.4) is 0 Å². The van der Waals surface area contributed by atoms with Gasteiger partial charge in [0.25, 0.3) is 0 Å². The first-order valence-electron chi connectivity index (χ1n) is 11.2. The first-order chi connectivity index (χ1) is 16.6. The summed E-state index contributed by atoms with van der Waals surface area (Å²) in [5, 5.41) is 0. The summed E-state index contributed by atoms with van der Waals surface area (Å²) in [6.45, 7) is 0.562. The molecule has 3 aromatic carbocycles. The van der Waals surface area contributed by atoms with Crippen LogP contribution in [-0.2, 0) is 26.6 Å². The molecule has 0 aromatic heterocycles. The first kappa shape index (κ1) is 22.0. The van der Waals surface area contributed by atoms with Crippen LogP contribution in [0.25, 0.3) is 0 Å². The van der Waals surface area contributed by atoms with E-state index in [2.05, 4.69) is 0 Å². The lowest BCUT2D eigenvalue weighted by atomic mass is 9.95. The maximum atomic E-state index is 13.5. The van der Waals surface area contributed by atoms with Gasteiger partial charge in [0.15, 0.2) is 5.72 Å². The van der Waals surface area contributed by atoms with Crippen molar-refractivity contribution in [3.05, 3.63) is 102 Å². The van der Waals surface area contributed by atoms with Crippen molar-refractivity contribution < 1.29 is 23.8 Å². The van der Waals surface area contributed by atoms with Gasteiger partial charge in [0.05, 0.1) is 26.3 Å². The lowest BCUT2D eigenvalue weighted by molar-refractivity contribution is -0.170. The molecule has 174 valence electrons. The molecule has 0 unspecified atom stereocenters. The minimum atomic E-state index is -1.12. The number of ether oxygens (including phenoxy) is 3. The van der Waals surface area contributed by atoms with Crippen molar-refractivity contribution in [3.63, 3.8) is 0 Å². The molecule has 0 saturated carbocycles. The zero-order valence-electron chi connectivity index (χ0n) is 18.9. The molecule has 2 heterocycles. The standard InChI is InChI=1S/C27H26N2O5/c1-32-23-14-12-22(13-15-23)27-19-28(26(31)33-17-20-8-4-2-5-9-20)16-25(30)29(27)24(18-34-27)21-10-6-3-7-11-21/h2-15,24H,16-19H2,1H3/t24-,27+/m0/s1. The average Bonchev–Trinajstić information content (AvgIpc) is 3.30. The zero-order chi connectivity index (χ0) is 23.5. The Morgan fingerprint density at radius 1 is 1.00 bits per heavy atom. The van der Waals surface area contributed by atoms with Crippen molar-refractivity contribution >= 4 is 12.0 Å². The Morgan fingerprint density at radius 3 is 2.35 bits per heavy atom. The molecular formula is C27H26N2O5. The number of carbonyl (C=O) groups is 2. The van der Waals surface area contributed by atoms with Crippen molar-refractivity contribution in [1.82, 2.24) is 9.80 Å². The van der Waals surface area contributed by atoms with Gasteiger partial charge >= 0.3 is 6.09 Å². The van der Waals surface area contributed by atoms with E-state index in [0.29, 0.717) is 12.4 Å². The fourth-order valence-corrected chi connectivity index (χ4v) is 4.69. The Hall–Kier alpha value is -3.84. The highest BCUT2D eigenvalue weighted by Crippen LogP contribution is 2.46. The number of nitrogens with zero attached hydrogens (tertiary/aromatic N) is 2. The number of methoxy groups -OCH3 is 1. The smallest absolute Gasteiger partial charge is 0.410 e. The number of benzene rings is 3. The van der Waals surface area contributed by atoms with Crippen LogP contribution in [0.2, 0.25) is 0 Å². The number of piperazine rings is 1. The van der Waals surface area contributed by atoms with Crippen molar-refractivity contribution in [2.24, 2.45) is 0 Å². The number of hydrogen-bond acceptors (Lipinski definition) is 5. The molecule has 0 bridgehead atoms. The molecule has 5 rings (SSSR count). The van der Waals surface area contributed by atoms with Crippen LogP contribution in [0.4, 0.5) is 4.79 Å². The molecule has 2 atom stereocenters. The molecule has 2 fully saturated rings. The van der Waals surface area contributed by atoms with Gasteiger partial charge in [0.1, 0.15) is 18.9 Å². The number of fused-ring (bicyclic) bond motifs is 1. The van der Waals surface area contributed by atoms with Crippen molar-refractivity contribution in [2.75, 3.05) is 26.8 Å². The highest BCUT2D eigenvalue weighted by Gasteiger charge is 2.56. The normalized spacial score (nSPS) is 21.8. The Balaban J connectivity index is 1.45. The fraction of sp³-hybridized carbons (Fsp3) is 0.259. The molecule has 0 N–H and O–H groups in total. The molecule has 0 spiro atoms. The van der Waals surface area contributed by atoms with Crippen LogP contribution in [0, 0.1) is 0 Å². The number of amides is 2. The number of rotatable bonds is 5. The monoisotopic (exact) mass is 458 g/mol. The molecule has 7 nitrogen and oxygen atoms in total. The van der Waals surface area contributed by atoms with Gasteiger partial charge in [-0.1, -0.05) is 72.8 Å². The topological polar surface area (TPSA) is 68.3 Å². The Morgan fingerprint density at radius 2 is 1.68 bits per heavy atom. The Labute approximate surface area is 198 Å². The second kappa shape index (κ2) is 9.19. The average molecular weight is 459 g/mol. The summed E-state index contributed by atoms with van der Waals surface area (Å²) in [6.07, 6.45) is -0.545. The molecule has 0 radical (unpaired) electrons. The quantitative estimate of drug-likeness (QED) is 0.576. The highest BCUT2D eigenvalue weighted by atomic mass is 16.6. The minimum absolute atomic E-state index is 0.0712. The van der Waals surface area contributed by atoms with Crippen molar-refractivity contribution in [1.29, 1.82) is 0 Å². The van der Waals surface area contributed by atoms with E-state index >= 15 is 0 Å². The van der Waals surface area contributed by atoms with Crippen LogP contribution in [0.15, 0.2) is 84.9 Å². The van der Waals surface area contributed by atoms with E-state index in [1.54, 1.807) is 12.0 Å². The SMILES string of the molecule is COc1ccc([C@]23CN(C(=O)OCc4ccccc4)CC(=O)N2[C@H](c2ccccc2)CO3)cc1. The van der Waals surface area contributed by atoms with E-state index in [4.69, 9.17) is 14.2 Å². The third kappa shape index (κ3) is 3.99. The van der Waals surface area contributed by atoms with Crippen LogP contribution >= 0.6 is 0 Å². The molecule has 0 aliphatic carbocycles. The van der Waals surface area contributed by atoms with Gasteiger partial charge in [-0.25, -0.2) is 4.79 Å². The summed E-state index contributed by atoms with van der Waals surface area (Å²) in [6, 6.07) is 26.5. The van der Waals surface area contributed by atoms with Gasteiger partial charge in [0, 0.05) is 5.56 Å². The van der Waals surface area contributed by atoms with Gasteiger partial charge in [-0.3, -0.25) is 14.6 Å². The van der Waals surface area contributed by atoms with Gasteiger partial charge < -0.3 is 14.2 Å². The maximum absolute atomic E-state index is 13.5. The van der Waals surface area contributed by atoms with Crippen LogP contribution in [0.1, 0.15) is 22.7 Å². The van der Waals surface area contributed by atoms with Gasteiger partial charge in [0.2, 0.25) is 5.91 Å². The minimum Gasteiger partial charge on any atom is -0.497 e. The summed E-state index contributed by atoms with van der Waals surface area (Å²) in [5.41, 5.74) is 1.53.